The maximum atomic E-state index is 12.6. The van der Waals surface area contributed by atoms with E-state index in [0.717, 1.165) is 0 Å². The molecule has 0 radical (unpaired) electrons. The van der Waals surface area contributed by atoms with Crippen molar-refractivity contribution in [3.05, 3.63) is 12.5 Å². The Kier molecular flexibility index (Phi) is 4.35. The van der Waals surface area contributed by atoms with Gasteiger partial charge in [0.2, 0.25) is 5.91 Å². The number of carbonyl (C=O) groups excluding carboxylic acids is 1. The summed E-state index contributed by atoms with van der Waals surface area (Å²) in [5, 5.41) is 0.0191. The molecule has 0 saturated carbocycles. The van der Waals surface area contributed by atoms with Crippen molar-refractivity contribution < 1.29 is 13.2 Å². The number of hydrogen-bond donors (Lipinski definition) is 0. The van der Waals surface area contributed by atoms with Gasteiger partial charge in [-0.05, 0) is 7.05 Å². The number of amides is 1. The highest BCUT2D eigenvalue weighted by Gasteiger charge is 2.37. The van der Waals surface area contributed by atoms with Crippen LogP contribution in [0.15, 0.2) is 17.6 Å². The number of nitrogens with zero attached hydrogens (tertiary/aromatic N) is 5. The second-order valence-corrected chi connectivity index (χ2v) is 7.35. The van der Waals surface area contributed by atoms with Gasteiger partial charge < -0.3 is 9.47 Å². The molecule has 1 aromatic heterocycles. The molecule has 1 aliphatic heterocycles. The molecule has 0 N–H and O–H groups in total. The molecule has 0 spiro atoms. The maximum Gasteiger partial charge on any atom is 0.262 e. The first kappa shape index (κ1) is 15.9. The number of imidazole rings is 1. The van der Waals surface area contributed by atoms with E-state index in [1.165, 1.54) is 21.7 Å². The summed E-state index contributed by atoms with van der Waals surface area (Å²) in [6.07, 6.45) is 2.92. The molecule has 21 heavy (non-hydrogen) atoms. The van der Waals surface area contributed by atoms with E-state index in [1.54, 1.807) is 25.7 Å². The monoisotopic (exact) mass is 315 g/mol. The summed E-state index contributed by atoms with van der Waals surface area (Å²) in [6.45, 7) is 1.01. The first-order valence-corrected chi connectivity index (χ1v) is 8.07. The lowest BCUT2D eigenvalue weighted by Gasteiger charge is -2.38. The number of likely N-dealkylation sites (N-methyl/N-ethyl adjacent to an activating group) is 2. The number of carbonyl (C=O) groups is 1. The summed E-state index contributed by atoms with van der Waals surface area (Å²) < 4.78 is 28.0. The summed E-state index contributed by atoms with van der Waals surface area (Å²) in [6, 6.07) is -0.466. The third-order valence-electron chi connectivity index (χ3n) is 3.62. The molecule has 0 aromatic carbocycles. The van der Waals surface area contributed by atoms with Crippen molar-refractivity contribution in [3.8, 4) is 0 Å². The summed E-state index contributed by atoms with van der Waals surface area (Å²) >= 11 is 0. The quantitative estimate of drug-likeness (QED) is 0.701. The average molecular weight is 315 g/mol. The molecule has 118 valence electrons. The fourth-order valence-corrected chi connectivity index (χ4v) is 3.69. The minimum atomic E-state index is -3.65. The summed E-state index contributed by atoms with van der Waals surface area (Å²) in [5.74, 6) is -0.0987. The molecule has 1 amide bonds. The lowest BCUT2D eigenvalue weighted by atomic mass is 10.2. The molecule has 1 unspecified atom stereocenters. The Hall–Kier alpha value is -1.45. The van der Waals surface area contributed by atoms with Gasteiger partial charge in [-0.15, -0.1) is 0 Å². The van der Waals surface area contributed by atoms with Crippen LogP contribution in [-0.4, -0.2) is 84.8 Å². The summed E-state index contributed by atoms with van der Waals surface area (Å²) in [5.41, 5.74) is 0. The Morgan fingerprint density at radius 1 is 1.33 bits per heavy atom. The molecule has 0 aliphatic carbocycles. The lowest BCUT2D eigenvalue weighted by Crippen LogP contribution is -2.58. The molecule has 9 heteroatoms. The Labute approximate surface area is 125 Å². The fraction of sp³-hybridized carbons (Fsp3) is 0.667. The number of sulfonamides is 1. The molecule has 2 heterocycles. The van der Waals surface area contributed by atoms with E-state index in [1.807, 2.05) is 11.9 Å². The van der Waals surface area contributed by atoms with Gasteiger partial charge in [0.15, 0.2) is 5.03 Å². The molecule has 1 fully saturated rings. The zero-order valence-corrected chi connectivity index (χ0v) is 13.5. The van der Waals surface area contributed by atoms with Gasteiger partial charge in [0, 0.05) is 47.0 Å². The van der Waals surface area contributed by atoms with Crippen molar-refractivity contribution in [2.75, 3.05) is 40.8 Å². The highest BCUT2D eigenvalue weighted by molar-refractivity contribution is 7.89. The number of aryl methyl sites for hydroxylation is 1. The standard InChI is InChI=1S/C12H21N5O3S/c1-14(2)12(18)10-7-17(6-5-16(10)4)21(19,20)11-8-15(3)9-13-11/h8-10H,5-7H2,1-4H3. The predicted molar refractivity (Wildman–Crippen MR) is 77.1 cm³/mol. The van der Waals surface area contributed by atoms with Crippen LogP contribution in [0, 0.1) is 0 Å². The first-order valence-electron chi connectivity index (χ1n) is 6.63. The number of rotatable bonds is 3. The van der Waals surface area contributed by atoms with Crippen molar-refractivity contribution >= 4 is 15.9 Å². The van der Waals surface area contributed by atoms with Gasteiger partial charge in [-0.1, -0.05) is 0 Å². The van der Waals surface area contributed by atoms with E-state index in [9.17, 15) is 13.2 Å². The van der Waals surface area contributed by atoms with Gasteiger partial charge in [-0.2, -0.15) is 4.31 Å². The van der Waals surface area contributed by atoms with E-state index in [0.29, 0.717) is 13.1 Å². The third kappa shape index (κ3) is 3.09. The molecule has 1 saturated heterocycles. The zero-order chi connectivity index (χ0) is 15.8. The Bertz CT molecular complexity index is 625. The van der Waals surface area contributed by atoms with Gasteiger partial charge in [0.05, 0.1) is 6.33 Å². The van der Waals surface area contributed by atoms with Gasteiger partial charge in [0.25, 0.3) is 10.0 Å². The van der Waals surface area contributed by atoms with Gasteiger partial charge in [-0.25, -0.2) is 13.4 Å². The highest BCUT2D eigenvalue weighted by atomic mass is 32.2. The van der Waals surface area contributed by atoms with Gasteiger partial charge in [-0.3, -0.25) is 9.69 Å². The van der Waals surface area contributed by atoms with Crippen LogP contribution in [0.2, 0.25) is 0 Å². The molecule has 1 atom stereocenters. The summed E-state index contributed by atoms with van der Waals surface area (Å²) in [4.78, 5) is 19.4. The minimum absolute atomic E-state index is 0.0191. The smallest absolute Gasteiger partial charge is 0.262 e. The van der Waals surface area contributed by atoms with E-state index < -0.39 is 16.1 Å². The lowest BCUT2D eigenvalue weighted by molar-refractivity contribution is -0.135. The van der Waals surface area contributed by atoms with Crippen LogP contribution < -0.4 is 0 Å². The number of hydrogen-bond acceptors (Lipinski definition) is 5. The average Bonchev–Trinajstić information content (AvgIpc) is 2.85. The van der Waals surface area contributed by atoms with Crippen LogP contribution in [0.1, 0.15) is 0 Å². The van der Waals surface area contributed by atoms with E-state index >= 15 is 0 Å². The topological polar surface area (TPSA) is 78.8 Å². The molecule has 1 aromatic rings. The maximum absolute atomic E-state index is 12.6. The molecular formula is C12H21N5O3S. The number of aromatic nitrogens is 2. The number of piperazine rings is 1. The van der Waals surface area contributed by atoms with Crippen LogP contribution in [0.5, 0.6) is 0 Å². The largest absolute Gasteiger partial charge is 0.347 e. The summed E-state index contributed by atoms with van der Waals surface area (Å²) in [7, 11) is 3.23. The van der Waals surface area contributed by atoms with E-state index in [-0.39, 0.29) is 17.5 Å². The molecular weight excluding hydrogens is 294 g/mol. The fourth-order valence-electron chi connectivity index (χ4n) is 2.29. The second kappa shape index (κ2) is 5.74. The Balaban J connectivity index is 2.23. The SMILES string of the molecule is CN(C)C(=O)C1CN(S(=O)(=O)c2cn(C)cn2)CCN1C. The van der Waals surface area contributed by atoms with E-state index in [2.05, 4.69) is 4.98 Å². The third-order valence-corrected chi connectivity index (χ3v) is 5.37. The van der Waals surface area contributed by atoms with Gasteiger partial charge in [0.1, 0.15) is 6.04 Å². The van der Waals surface area contributed by atoms with Crippen molar-refractivity contribution in [3.63, 3.8) is 0 Å². The molecule has 8 nitrogen and oxygen atoms in total. The Morgan fingerprint density at radius 2 is 2.00 bits per heavy atom. The van der Waals surface area contributed by atoms with E-state index in [4.69, 9.17) is 0 Å². The molecule has 2 rings (SSSR count). The van der Waals surface area contributed by atoms with Gasteiger partial charge >= 0.3 is 0 Å². The van der Waals surface area contributed by atoms with Crippen LogP contribution in [0.25, 0.3) is 0 Å². The first-order chi connectivity index (χ1) is 9.73. The Morgan fingerprint density at radius 3 is 2.52 bits per heavy atom. The second-order valence-electron chi connectivity index (χ2n) is 5.47. The molecule has 0 bridgehead atoms. The highest BCUT2D eigenvalue weighted by Crippen LogP contribution is 2.18. The van der Waals surface area contributed by atoms with Crippen molar-refractivity contribution in [2.24, 2.45) is 7.05 Å². The van der Waals surface area contributed by atoms with Crippen molar-refractivity contribution in [1.82, 2.24) is 23.7 Å². The van der Waals surface area contributed by atoms with Crippen molar-refractivity contribution in [2.45, 2.75) is 11.1 Å². The van der Waals surface area contributed by atoms with Crippen LogP contribution in [0.3, 0.4) is 0 Å². The predicted octanol–water partition coefficient (Wildman–Crippen LogP) is -1.19. The minimum Gasteiger partial charge on any atom is -0.347 e. The van der Waals surface area contributed by atoms with Crippen LogP contribution in [0.4, 0.5) is 0 Å². The molecule has 1 aliphatic rings. The van der Waals surface area contributed by atoms with Crippen LogP contribution in [-0.2, 0) is 21.9 Å². The van der Waals surface area contributed by atoms with Crippen molar-refractivity contribution in [1.29, 1.82) is 0 Å². The van der Waals surface area contributed by atoms with Crippen LogP contribution >= 0.6 is 0 Å². The normalized spacial score (nSPS) is 21.4. The zero-order valence-electron chi connectivity index (χ0n) is 12.7.